The van der Waals surface area contributed by atoms with Gasteiger partial charge in [-0.25, -0.2) is 9.78 Å². The van der Waals surface area contributed by atoms with Crippen LogP contribution in [0.25, 0.3) is 5.82 Å². The quantitative estimate of drug-likeness (QED) is 0.0867. The summed E-state index contributed by atoms with van der Waals surface area (Å²) in [7, 11) is 3.11. The largest absolute Gasteiger partial charge is 0.493 e. The van der Waals surface area contributed by atoms with Crippen LogP contribution in [0.1, 0.15) is 36.8 Å². The van der Waals surface area contributed by atoms with Crippen molar-refractivity contribution in [3.8, 4) is 23.1 Å². The maximum atomic E-state index is 13.0. The lowest BCUT2D eigenvalue weighted by molar-refractivity contribution is -0.134. The van der Waals surface area contributed by atoms with Gasteiger partial charge in [-0.05, 0) is 61.0 Å². The number of carboxylic acid groups (broad SMARTS) is 1. The fraction of sp³-hybridized carbons (Fsp3) is 0.276. The van der Waals surface area contributed by atoms with E-state index in [0.29, 0.717) is 54.1 Å². The molecule has 0 bridgehead atoms. The number of aromatic nitrogens is 4. The van der Waals surface area contributed by atoms with E-state index in [4.69, 9.17) is 40.0 Å². The minimum Gasteiger partial charge on any atom is -0.493 e. The number of carboxylic acids is 1. The SMILES string of the molecule is CC(=O)O.CCOc1cc(C(Nc2ccc(C(=N)N)cc2)c2nn(-c3ncccc3OC)c(=O)[nH]2)ccc1OCCOC. The lowest BCUT2D eigenvalue weighted by Crippen LogP contribution is -2.17. The molecule has 14 heteroatoms. The van der Waals surface area contributed by atoms with E-state index in [1.54, 1.807) is 55.8 Å². The first-order valence-electron chi connectivity index (χ1n) is 13.2. The molecule has 0 radical (unpaired) electrons. The fourth-order valence-electron chi connectivity index (χ4n) is 3.86. The molecule has 0 saturated heterocycles. The molecule has 43 heavy (non-hydrogen) atoms. The summed E-state index contributed by atoms with van der Waals surface area (Å²) in [5, 5.41) is 23.1. The average Bonchev–Trinajstić information content (AvgIpc) is 3.37. The van der Waals surface area contributed by atoms with Crippen LogP contribution in [0, 0.1) is 5.41 Å². The van der Waals surface area contributed by atoms with Crippen molar-refractivity contribution in [2.24, 2.45) is 5.73 Å². The molecule has 0 spiro atoms. The van der Waals surface area contributed by atoms with Gasteiger partial charge in [-0.2, -0.15) is 4.68 Å². The van der Waals surface area contributed by atoms with Crippen LogP contribution in [0.3, 0.4) is 0 Å². The second kappa shape index (κ2) is 15.6. The number of methoxy groups -OCH3 is 2. The van der Waals surface area contributed by atoms with Crippen LogP contribution in [0.4, 0.5) is 5.69 Å². The van der Waals surface area contributed by atoms with Gasteiger partial charge in [0.15, 0.2) is 23.1 Å². The molecule has 4 aromatic rings. The Morgan fingerprint density at radius 1 is 1.09 bits per heavy atom. The molecule has 1 atom stereocenters. The molecule has 0 aliphatic carbocycles. The smallest absolute Gasteiger partial charge is 0.349 e. The van der Waals surface area contributed by atoms with E-state index in [0.717, 1.165) is 17.2 Å². The zero-order chi connectivity index (χ0) is 31.4. The lowest BCUT2D eigenvalue weighted by Gasteiger charge is -2.20. The van der Waals surface area contributed by atoms with Crippen molar-refractivity contribution in [3.05, 3.63) is 88.2 Å². The molecule has 2 heterocycles. The van der Waals surface area contributed by atoms with Gasteiger partial charge in [0, 0.05) is 31.5 Å². The summed E-state index contributed by atoms with van der Waals surface area (Å²) in [4.78, 5) is 29.1. The summed E-state index contributed by atoms with van der Waals surface area (Å²) in [6.45, 7) is 4.20. The van der Waals surface area contributed by atoms with Gasteiger partial charge >= 0.3 is 5.69 Å². The van der Waals surface area contributed by atoms with E-state index in [1.807, 2.05) is 19.1 Å². The van der Waals surface area contributed by atoms with Crippen molar-refractivity contribution in [2.75, 3.05) is 39.4 Å². The molecule has 2 aromatic carbocycles. The molecule has 4 rings (SSSR count). The van der Waals surface area contributed by atoms with E-state index >= 15 is 0 Å². The van der Waals surface area contributed by atoms with Gasteiger partial charge in [0.25, 0.3) is 5.97 Å². The first kappa shape index (κ1) is 32.1. The van der Waals surface area contributed by atoms with Gasteiger partial charge in [-0.3, -0.25) is 15.2 Å². The molecule has 0 fully saturated rings. The number of carbonyl (C=O) groups is 1. The molecule has 14 nitrogen and oxygen atoms in total. The number of nitrogens with one attached hydrogen (secondary N) is 3. The maximum Gasteiger partial charge on any atom is 0.349 e. The Hall–Kier alpha value is -5.37. The van der Waals surface area contributed by atoms with Crippen LogP contribution in [-0.2, 0) is 9.53 Å². The number of hydrogen-bond acceptors (Lipinski definition) is 10. The van der Waals surface area contributed by atoms with Gasteiger partial charge in [0.05, 0.1) is 20.3 Å². The Morgan fingerprint density at radius 2 is 1.81 bits per heavy atom. The summed E-state index contributed by atoms with van der Waals surface area (Å²) in [5.74, 6) is 1.24. The highest BCUT2D eigenvalue weighted by atomic mass is 16.5. The normalized spacial score (nSPS) is 11.1. The summed E-state index contributed by atoms with van der Waals surface area (Å²) >= 11 is 0. The number of benzene rings is 2. The predicted octanol–water partition coefficient (Wildman–Crippen LogP) is 2.96. The van der Waals surface area contributed by atoms with Gasteiger partial charge in [-0.1, -0.05) is 6.07 Å². The van der Waals surface area contributed by atoms with Gasteiger partial charge in [0.1, 0.15) is 18.5 Å². The third-order valence-corrected chi connectivity index (χ3v) is 5.73. The highest BCUT2D eigenvalue weighted by molar-refractivity contribution is 5.95. The average molecular weight is 594 g/mol. The Kier molecular flexibility index (Phi) is 11.6. The van der Waals surface area contributed by atoms with Crippen LogP contribution in [0.2, 0.25) is 0 Å². The number of pyridine rings is 1. The zero-order valence-electron chi connectivity index (χ0n) is 24.3. The van der Waals surface area contributed by atoms with Crippen LogP contribution in [0.15, 0.2) is 65.6 Å². The maximum absolute atomic E-state index is 13.0. The van der Waals surface area contributed by atoms with E-state index < -0.39 is 17.7 Å². The lowest BCUT2D eigenvalue weighted by atomic mass is 10.0. The third kappa shape index (κ3) is 8.81. The Bertz CT molecular complexity index is 1560. The van der Waals surface area contributed by atoms with Gasteiger partial charge < -0.3 is 35.1 Å². The number of nitrogens with zero attached hydrogens (tertiary/aromatic N) is 3. The first-order chi connectivity index (χ1) is 20.7. The molecular weight excluding hydrogens is 558 g/mol. The fourth-order valence-corrected chi connectivity index (χ4v) is 3.86. The highest BCUT2D eigenvalue weighted by Crippen LogP contribution is 2.34. The molecule has 0 saturated carbocycles. The van der Waals surface area contributed by atoms with Crippen molar-refractivity contribution < 1.29 is 28.8 Å². The van der Waals surface area contributed by atoms with E-state index in [-0.39, 0.29) is 11.7 Å². The topological polar surface area (TPSA) is 200 Å². The number of nitrogen functional groups attached to an aromatic ring is 1. The van der Waals surface area contributed by atoms with Gasteiger partial charge in [0.2, 0.25) is 5.82 Å². The minimum atomic E-state index is -0.833. The monoisotopic (exact) mass is 593 g/mol. The van der Waals surface area contributed by atoms with E-state index in [2.05, 4.69) is 20.4 Å². The molecule has 0 amide bonds. The Labute approximate surface area is 247 Å². The summed E-state index contributed by atoms with van der Waals surface area (Å²) in [5.41, 5.74) is 7.19. The Morgan fingerprint density at radius 3 is 2.44 bits per heavy atom. The first-order valence-corrected chi connectivity index (χ1v) is 13.2. The predicted molar refractivity (Wildman–Crippen MR) is 160 cm³/mol. The van der Waals surface area contributed by atoms with Crippen molar-refractivity contribution >= 4 is 17.5 Å². The van der Waals surface area contributed by atoms with E-state index in [9.17, 15) is 4.79 Å². The number of H-pyrrole nitrogens is 1. The number of nitrogens with two attached hydrogens (primary N) is 1. The van der Waals surface area contributed by atoms with Crippen molar-refractivity contribution in [1.29, 1.82) is 5.41 Å². The van der Waals surface area contributed by atoms with Crippen molar-refractivity contribution in [1.82, 2.24) is 19.7 Å². The molecule has 2 aromatic heterocycles. The molecule has 0 aliphatic heterocycles. The van der Waals surface area contributed by atoms with Crippen LogP contribution >= 0.6 is 0 Å². The van der Waals surface area contributed by atoms with Crippen molar-refractivity contribution in [3.63, 3.8) is 0 Å². The molecule has 1 unspecified atom stereocenters. The third-order valence-electron chi connectivity index (χ3n) is 5.73. The highest BCUT2D eigenvalue weighted by Gasteiger charge is 2.23. The minimum absolute atomic E-state index is 0.0316. The summed E-state index contributed by atoms with van der Waals surface area (Å²) in [6.07, 6.45) is 1.56. The van der Waals surface area contributed by atoms with Crippen LogP contribution < -0.4 is 31.0 Å². The Balaban J connectivity index is 0.00000119. The van der Waals surface area contributed by atoms with Crippen LogP contribution in [0.5, 0.6) is 17.2 Å². The van der Waals surface area contributed by atoms with E-state index in [1.165, 1.54) is 7.11 Å². The molecule has 228 valence electrons. The number of aromatic amines is 1. The zero-order valence-corrected chi connectivity index (χ0v) is 24.3. The summed E-state index contributed by atoms with van der Waals surface area (Å²) in [6, 6.07) is 15.4. The molecule has 0 aliphatic rings. The van der Waals surface area contributed by atoms with Crippen molar-refractivity contribution in [2.45, 2.75) is 19.9 Å². The van der Waals surface area contributed by atoms with Gasteiger partial charge in [-0.15, -0.1) is 5.10 Å². The molecule has 6 N–H and O–H groups in total. The second-order valence-electron chi connectivity index (χ2n) is 8.82. The number of ether oxygens (including phenoxy) is 4. The molecular formula is C29H35N7O7. The number of anilines is 1. The second-order valence-corrected chi connectivity index (χ2v) is 8.82. The summed E-state index contributed by atoms with van der Waals surface area (Å²) < 4.78 is 23.3. The number of hydrogen-bond donors (Lipinski definition) is 5. The number of aliphatic carboxylic acids is 1. The number of amidine groups is 1. The standard InChI is InChI=1S/C27H31N7O5.C2H4O2/c1-4-38-22-16-18(9-12-20(22)39-15-14-36-2)23(31-19-10-7-17(8-11-19)24(28)29)25-32-27(35)34(33-25)26-21(37-3)6-5-13-30-26;1-2(3)4/h5-13,16,23,31H,4,14-15H2,1-3H3,(H3,28,29)(H,32,33,35);1H3,(H,3,4). The van der Waals surface area contributed by atoms with Crippen LogP contribution in [-0.4, -0.2) is 70.7 Å². The number of rotatable bonds is 13.